The Morgan fingerprint density at radius 1 is 1.38 bits per heavy atom. The molecule has 4 nitrogen and oxygen atoms in total. The molecular weight excluding hydrogens is 274 g/mol. The molecule has 1 aromatic carbocycles. The molecule has 0 atom stereocenters. The van der Waals surface area contributed by atoms with Gasteiger partial charge in [-0.15, -0.1) is 0 Å². The number of benzene rings is 1. The first-order valence-electron chi connectivity index (χ1n) is 4.93. The Balaban J connectivity index is 3.18. The summed E-state index contributed by atoms with van der Waals surface area (Å²) in [6.07, 6.45) is 0.0553. The van der Waals surface area contributed by atoms with Crippen LogP contribution in [0.2, 0.25) is 0 Å². The van der Waals surface area contributed by atoms with Gasteiger partial charge in [-0.05, 0) is 26.0 Å². The maximum Gasteiger partial charge on any atom is 0.168 e. The van der Waals surface area contributed by atoms with Gasteiger partial charge >= 0.3 is 0 Å². The first-order chi connectivity index (χ1) is 7.60. The summed E-state index contributed by atoms with van der Waals surface area (Å²) < 4.78 is 11.8. The highest BCUT2D eigenvalue weighted by Crippen LogP contribution is 2.37. The van der Waals surface area contributed by atoms with Crippen molar-refractivity contribution in [1.29, 1.82) is 0 Å². The van der Waals surface area contributed by atoms with Crippen LogP contribution in [0.4, 0.5) is 0 Å². The van der Waals surface area contributed by atoms with E-state index in [0.29, 0.717) is 11.5 Å². The Hall–Kier alpha value is -0.780. The van der Waals surface area contributed by atoms with Gasteiger partial charge in [0.05, 0.1) is 19.8 Å². The summed E-state index contributed by atoms with van der Waals surface area (Å²) in [6.45, 7) is 4.17. The minimum absolute atomic E-state index is 0.0553. The molecule has 90 valence electrons. The van der Waals surface area contributed by atoms with Crippen molar-refractivity contribution in [2.24, 2.45) is 5.90 Å². The van der Waals surface area contributed by atoms with Crippen LogP contribution in [0, 0.1) is 0 Å². The van der Waals surface area contributed by atoms with E-state index in [1.54, 1.807) is 7.11 Å². The number of halogens is 1. The highest BCUT2D eigenvalue weighted by Gasteiger charge is 2.15. The molecule has 16 heavy (non-hydrogen) atoms. The number of nitrogens with two attached hydrogens (primary N) is 1. The molecule has 0 heterocycles. The lowest BCUT2D eigenvalue weighted by Gasteiger charge is -2.18. The van der Waals surface area contributed by atoms with E-state index in [0.717, 1.165) is 10.0 Å². The molecule has 0 aromatic heterocycles. The molecule has 0 aliphatic carbocycles. The maximum atomic E-state index is 5.71. The largest absolute Gasteiger partial charge is 0.493 e. The predicted molar refractivity (Wildman–Crippen MR) is 65.4 cm³/mol. The van der Waals surface area contributed by atoms with Crippen molar-refractivity contribution in [2.45, 2.75) is 26.6 Å². The average molecular weight is 290 g/mol. The minimum atomic E-state index is 0.0553. The Labute approximate surface area is 104 Å². The molecule has 5 heteroatoms. The molecule has 1 rings (SSSR count). The Morgan fingerprint density at radius 3 is 2.56 bits per heavy atom. The summed E-state index contributed by atoms with van der Waals surface area (Å²) in [5.74, 6) is 6.44. The highest BCUT2D eigenvalue weighted by atomic mass is 79.9. The van der Waals surface area contributed by atoms with E-state index in [9.17, 15) is 0 Å². The van der Waals surface area contributed by atoms with Gasteiger partial charge in [-0.25, -0.2) is 5.90 Å². The van der Waals surface area contributed by atoms with Gasteiger partial charge in [-0.3, -0.25) is 4.84 Å². The zero-order valence-corrected chi connectivity index (χ0v) is 11.2. The molecule has 0 bridgehead atoms. The molecule has 0 saturated heterocycles. The van der Waals surface area contributed by atoms with Crippen molar-refractivity contribution >= 4 is 15.9 Å². The number of rotatable bonds is 5. The predicted octanol–water partition coefficient (Wildman–Crippen LogP) is 2.64. The number of hydrogen-bond donors (Lipinski definition) is 1. The van der Waals surface area contributed by atoms with E-state index < -0.39 is 0 Å². The van der Waals surface area contributed by atoms with Crippen molar-refractivity contribution < 1.29 is 14.3 Å². The van der Waals surface area contributed by atoms with Crippen LogP contribution in [0.3, 0.4) is 0 Å². The molecule has 0 amide bonds. The smallest absolute Gasteiger partial charge is 0.168 e. The van der Waals surface area contributed by atoms with E-state index in [2.05, 4.69) is 20.8 Å². The monoisotopic (exact) mass is 289 g/mol. The van der Waals surface area contributed by atoms with Crippen LogP contribution in [0.25, 0.3) is 0 Å². The fourth-order valence-corrected chi connectivity index (χ4v) is 1.75. The van der Waals surface area contributed by atoms with Crippen LogP contribution in [0.1, 0.15) is 19.4 Å². The zero-order valence-electron chi connectivity index (χ0n) is 9.62. The molecule has 0 fully saturated rings. The standard InChI is InChI=1S/C11H16BrNO3/c1-7(2)16-11-8(6-15-13)9(12)4-5-10(11)14-3/h4-5,7H,6,13H2,1-3H3. The van der Waals surface area contributed by atoms with Crippen LogP contribution in [-0.2, 0) is 11.4 Å². The third-order valence-corrected chi connectivity index (χ3v) is 2.71. The summed E-state index contributed by atoms with van der Waals surface area (Å²) in [5.41, 5.74) is 0.843. The molecule has 0 aliphatic heterocycles. The second-order valence-corrected chi connectivity index (χ2v) is 4.39. The Kier molecular flexibility index (Phi) is 5.05. The first-order valence-corrected chi connectivity index (χ1v) is 5.73. The number of hydrogen-bond acceptors (Lipinski definition) is 4. The van der Waals surface area contributed by atoms with Crippen LogP contribution < -0.4 is 15.4 Å². The van der Waals surface area contributed by atoms with Crippen LogP contribution in [-0.4, -0.2) is 13.2 Å². The lowest BCUT2D eigenvalue weighted by molar-refractivity contribution is 0.118. The molecule has 1 aromatic rings. The summed E-state index contributed by atoms with van der Waals surface area (Å²) in [7, 11) is 1.60. The zero-order chi connectivity index (χ0) is 12.1. The van der Waals surface area contributed by atoms with Gasteiger partial charge in [0, 0.05) is 10.0 Å². The molecule has 0 unspecified atom stereocenters. The van der Waals surface area contributed by atoms with Gasteiger partial charge in [0.25, 0.3) is 0 Å². The quantitative estimate of drug-likeness (QED) is 0.847. The lowest BCUT2D eigenvalue weighted by atomic mass is 10.2. The van der Waals surface area contributed by atoms with Gasteiger partial charge in [-0.1, -0.05) is 15.9 Å². The van der Waals surface area contributed by atoms with Crippen LogP contribution in [0.15, 0.2) is 16.6 Å². The second kappa shape index (κ2) is 6.08. The minimum Gasteiger partial charge on any atom is -0.493 e. The first kappa shape index (κ1) is 13.3. The fourth-order valence-electron chi connectivity index (χ4n) is 1.33. The van der Waals surface area contributed by atoms with Crippen LogP contribution in [0.5, 0.6) is 11.5 Å². The summed E-state index contributed by atoms with van der Waals surface area (Å²) >= 11 is 3.43. The highest BCUT2D eigenvalue weighted by molar-refractivity contribution is 9.10. The Bertz CT molecular complexity index is 355. The van der Waals surface area contributed by atoms with Crippen molar-refractivity contribution in [2.75, 3.05) is 7.11 Å². The maximum absolute atomic E-state index is 5.71. The van der Waals surface area contributed by atoms with Gasteiger partial charge in [0.15, 0.2) is 11.5 Å². The molecule has 0 saturated carbocycles. The third-order valence-electron chi connectivity index (χ3n) is 1.97. The van der Waals surface area contributed by atoms with Gasteiger partial charge in [-0.2, -0.15) is 0 Å². The summed E-state index contributed by atoms with van der Waals surface area (Å²) in [4.78, 5) is 4.66. The average Bonchev–Trinajstić information content (AvgIpc) is 2.23. The lowest BCUT2D eigenvalue weighted by Crippen LogP contribution is -2.10. The molecule has 0 radical (unpaired) electrons. The van der Waals surface area contributed by atoms with Crippen molar-refractivity contribution in [1.82, 2.24) is 0 Å². The van der Waals surface area contributed by atoms with Crippen molar-refractivity contribution in [3.63, 3.8) is 0 Å². The van der Waals surface area contributed by atoms with Gasteiger partial charge < -0.3 is 9.47 Å². The second-order valence-electron chi connectivity index (χ2n) is 3.53. The van der Waals surface area contributed by atoms with Crippen molar-refractivity contribution in [3.05, 3.63) is 22.2 Å². The van der Waals surface area contributed by atoms with Gasteiger partial charge in [0.1, 0.15) is 0 Å². The summed E-state index contributed by atoms with van der Waals surface area (Å²) in [5, 5.41) is 0. The van der Waals surface area contributed by atoms with E-state index >= 15 is 0 Å². The number of ether oxygens (including phenoxy) is 2. The van der Waals surface area contributed by atoms with Crippen LogP contribution >= 0.6 is 15.9 Å². The topological polar surface area (TPSA) is 53.7 Å². The fraction of sp³-hybridized carbons (Fsp3) is 0.455. The molecule has 2 N–H and O–H groups in total. The number of methoxy groups -OCH3 is 1. The third kappa shape index (κ3) is 3.10. The normalized spacial score (nSPS) is 10.6. The van der Waals surface area contributed by atoms with Gasteiger partial charge in [0.2, 0.25) is 0 Å². The van der Waals surface area contributed by atoms with E-state index in [1.807, 2.05) is 26.0 Å². The van der Waals surface area contributed by atoms with E-state index in [1.165, 1.54) is 0 Å². The molecule has 0 aliphatic rings. The Morgan fingerprint density at radius 2 is 2.06 bits per heavy atom. The SMILES string of the molecule is COc1ccc(Br)c(CON)c1OC(C)C. The van der Waals surface area contributed by atoms with Crippen molar-refractivity contribution in [3.8, 4) is 11.5 Å². The van der Waals surface area contributed by atoms with E-state index in [-0.39, 0.29) is 12.7 Å². The van der Waals surface area contributed by atoms with E-state index in [4.69, 9.17) is 15.4 Å². The molecule has 0 spiro atoms. The molecular formula is C11H16BrNO3. The summed E-state index contributed by atoms with van der Waals surface area (Å²) in [6, 6.07) is 3.71.